The molecule has 2 aliphatic rings. The molecule has 4 rings (SSSR count). The molecule has 32 heavy (non-hydrogen) atoms. The molecule has 2 amide bonds. The number of amides is 2. The van der Waals surface area contributed by atoms with Gasteiger partial charge in [0.05, 0.1) is 11.7 Å². The van der Waals surface area contributed by atoms with E-state index >= 15 is 0 Å². The van der Waals surface area contributed by atoms with Crippen molar-refractivity contribution in [1.82, 2.24) is 15.5 Å². The molecule has 2 aromatic rings. The Morgan fingerprint density at radius 1 is 1.16 bits per heavy atom. The molecule has 0 spiro atoms. The minimum Gasteiger partial charge on any atom is -0.331 e. The first-order valence-electron chi connectivity index (χ1n) is 10.8. The number of thioether (sulfide) groups is 1. The SMILES string of the molecule is CC(=O)c1cccc(NC(=O)CSC2NC(=O)C3CN(Cc4ccccc4)CCC3N2)c1. The van der Waals surface area contributed by atoms with Crippen LogP contribution in [0.25, 0.3) is 0 Å². The van der Waals surface area contributed by atoms with Crippen molar-refractivity contribution in [3.8, 4) is 0 Å². The van der Waals surface area contributed by atoms with Gasteiger partial charge in [-0.2, -0.15) is 0 Å². The number of benzene rings is 2. The fourth-order valence-electron chi connectivity index (χ4n) is 4.20. The number of Topliss-reactive ketones (excluding diaryl/α,β-unsaturated/α-hetero) is 1. The van der Waals surface area contributed by atoms with Crippen LogP contribution in [-0.2, 0) is 16.1 Å². The number of carbonyl (C=O) groups excluding carboxylic acids is 3. The van der Waals surface area contributed by atoms with Crippen molar-refractivity contribution >= 4 is 35.0 Å². The highest BCUT2D eigenvalue weighted by atomic mass is 32.2. The third-order valence-corrected chi connectivity index (χ3v) is 6.87. The normalized spacial score (nSPS) is 23.2. The molecule has 0 saturated carbocycles. The Balaban J connectivity index is 1.25. The maximum atomic E-state index is 12.8. The first kappa shape index (κ1) is 22.5. The van der Waals surface area contributed by atoms with Gasteiger partial charge >= 0.3 is 0 Å². The van der Waals surface area contributed by atoms with E-state index in [1.165, 1.54) is 24.2 Å². The number of nitrogens with zero attached hydrogens (tertiary/aromatic N) is 1. The van der Waals surface area contributed by atoms with Crippen LogP contribution >= 0.6 is 11.8 Å². The second-order valence-corrected chi connectivity index (χ2v) is 9.37. The molecule has 3 atom stereocenters. The van der Waals surface area contributed by atoms with Gasteiger partial charge < -0.3 is 10.6 Å². The van der Waals surface area contributed by atoms with Gasteiger partial charge in [-0.25, -0.2) is 0 Å². The van der Waals surface area contributed by atoms with E-state index in [1.54, 1.807) is 24.3 Å². The number of hydrogen-bond acceptors (Lipinski definition) is 6. The number of likely N-dealkylation sites (tertiary alicyclic amines) is 1. The Hall–Kier alpha value is -2.68. The lowest BCUT2D eigenvalue weighted by Gasteiger charge is -2.43. The molecule has 2 fully saturated rings. The van der Waals surface area contributed by atoms with Crippen LogP contribution in [-0.4, -0.2) is 52.9 Å². The topological polar surface area (TPSA) is 90.5 Å². The first-order valence-corrected chi connectivity index (χ1v) is 11.9. The highest BCUT2D eigenvalue weighted by molar-refractivity contribution is 8.00. The van der Waals surface area contributed by atoms with Crippen LogP contribution in [0.1, 0.15) is 29.3 Å². The summed E-state index contributed by atoms with van der Waals surface area (Å²) in [7, 11) is 0. The van der Waals surface area contributed by atoms with Gasteiger partial charge in [0.2, 0.25) is 11.8 Å². The summed E-state index contributed by atoms with van der Waals surface area (Å²) in [5, 5.41) is 9.31. The lowest BCUT2D eigenvalue weighted by molar-refractivity contribution is -0.130. The van der Waals surface area contributed by atoms with Gasteiger partial charge in [-0.15, -0.1) is 11.8 Å². The molecule has 7 nitrogen and oxygen atoms in total. The van der Waals surface area contributed by atoms with Crippen molar-refractivity contribution < 1.29 is 14.4 Å². The number of piperidine rings is 1. The summed E-state index contributed by atoms with van der Waals surface area (Å²) in [6, 6.07) is 17.3. The maximum Gasteiger partial charge on any atom is 0.234 e. The predicted octanol–water partition coefficient (Wildman–Crippen LogP) is 2.45. The van der Waals surface area contributed by atoms with Crippen LogP contribution in [0, 0.1) is 5.92 Å². The molecular weight excluding hydrogens is 424 g/mol. The van der Waals surface area contributed by atoms with Crippen molar-refractivity contribution in [3.63, 3.8) is 0 Å². The van der Waals surface area contributed by atoms with Gasteiger partial charge in [0, 0.05) is 36.9 Å². The van der Waals surface area contributed by atoms with E-state index in [9.17, 15) is 14.4 Å². The minimum absolute atomic E-state index is 0.0404. The van der Waals surface area contributed by atoms with Gasteiger partial charge in [0.15, 0.2) is 5.78 Å². The molecule has 2 aliphatic heterocycles. The van der Waals surface area contributed by atoms with Crippen molar-refractivity contribution in [1.29, 1.82) is 0 Å². The lowest BCUT2D eigenvalue weighted by atomic mass is 9.89. The zero-order chi connectivity index (χ0) is 22.5. The third-order valence-electron chi connectivity index (χ3n) is 5.86. The second-order valence-electron chi connectivity index (χ2n) is 8.27. The van der Waals surface area contributed by atoms with Gasteiger partial charge in [0.25, 0.3) is 0 Å². The molecule has 0 radical (unpaired) electrons. The van der Waals surface area contributed by atoms with Gasteiger partial charge in [0.1, 0.15) is 5.50 Å². The zero-order valence-electron chi connectivity index (χ0n) is 18.0. The van der Waals surface area contributed by atoms with Crippen molar-refractivity contribution in [2.75, 3.05) is 24.2 Å². The molecule has 8 heteroatoms. The third kappa shape index (κ3) is 5.76. The summed E-state index contributed by atoms with van der Waals surface area (Å²) in [5.74, 6) is -0.0775. The molecule has 3 unspecified atom stereocenters. The average Bonchev–Trinajstić information content (AvgIpc) is 2.79. The van der Waals surface area contributed by atoms with E-state index in [1.807, 2.05) is 18.2 Å². The standard InChI is InChI=1S/C24H28N4O3S/c1-16(29)18-8-5-9-19(12-18)25-22(30)15-32-24-26-21-10-11-28(14-20(21)23(31)27-24)13-17-6-3-2-4-7-17/h2-9,12,20-21,24,26H,10-11,13-15H2,1H3,(H,25,30)(H,27,31). The summed E-state index contributed by atoms with van der Waals surface area (Å²) >= 11 is 1.36. The number of carbonyl (C=O) groups is 3. The van der Waals surface area contributed by atoms with E-state index in [0.29, 0.717) is 11.3 Å². The monoisotopic (exact) mass is 452 g/mol. The van der Waals surface area contributed by atoms with Crippen LogP contribution in [0.2, 0.25) is 0 Å². The van der Waals surface area contributed by atoms with Crippen molar-refractivity contribution in [2.45, 2.75) is 31.4 Å². The Labute approximate surface area is 192 Å². The van der Waals surface area contributed by atoms with Crippen LogP contribution in [0.4, 0.5) is 5.69 Å². The lowest BCUT2D eigenvalue weighted by Crippen LogP contribution is -2.64. The average molecular weight is 453 g/mol. The maximum absolute atomic E-state index is 12.8. The highest BCUT2D eigenvalue weighted by Crippen LogP contribution is 2.25. The van der Waals surface area contributed by atoms with E-state index in [2.05, 4.69) is 33.0 Å². The number of anilines is 1. The molecule has 2 saturated heterocycles. The number of nitrogens with one attached hydrogen (secondary N) is 3. The number of rotatable bonds is 7. The van der Waals surface area contributed by atoms with Crippen LogP contribution < -0.4 is 16.0 Å². The van der Waals surface area contributed by atoms with E-state index < -0.39 is 0 Å². The fraction of sp³-hybridized carbons (Fsp3) is 0.375. The molecule has 2 heterocycles. The van der Waals surface area contributed by atoms with E-state index in [4.69, 9.17) is 0 Å². The number of ketones is 1. The van der Waals surface area contributed by atoms with Crippen molar-refractivity contribution in [2.24, 2.45) is 5.92 Å². The Morgan fingerprint density at radius 2 is 1.97 bits per heavy atom. The minimum atomic E-state index is -0.293. The Bertz CT molecular complexity index is 984. The number of hydrogen-bond donors (Lipinski definition) is 3. The zero-order valence-corrected chi connectivity index (χ0v) is 18.9. The summed E-state index contributed by atoms with van der Waals surface area (Å²) < 4.78 is 0. The number of fused-ring (bicyclic) bond motifs is 1. The quantitative estimate of drug-likeness (QED) is 0.559. The summed E-state index contributed by atoms with van der Waals surface area (Å²) in [4.78, 5) is 38.9. The second kappa shape index (κ2) is 10.3. The molecule has 168 valence electrons. The Morgan fingerprint density at radius 3 is 2.75 bits per heavy atom. The molecule has 0 aliphatic carbocycles. The smallest absolute Gasteiger partial charge is 0.234 e. The van der Waals surface area contributed by atoms with Crippen molar-refractivity contribution in [3.05, 3.63) is 65.7 Å². The predicted molar refractivity (Wildman–Crippen MR) is 126 cm³/mol. The summed E-state index contributed by atoms with van der Waals surface area (Å²) in [5.41, 5.74) is 2.11. The summed E-state index contributed by atoms with van der Waals surface area (Å²) in [6.07, 6.45) is 0.895. The van der Waals surface area contributed by atoms with Gasteiger partial charge in [-0.1, -0.05) is 42.5 Å². The first-order chi connectivity index (χ1) is 15.5. The highest BCUT2D eigenvalue weighted by Gasteiger charge is 2.39. The van der Waals surface area contributed by atoms with E-state index in [0.717, 1.165) is 26.1 Å². The van der Waals surface area contributed by atoms with Gasteiger partial charge in [-0.3, -0.25) is 24.6 Å². The molecule has 0 bridgehead atoms. The molecular formula is C24H28N4O3S. The molecule has 2 aromatic carbocycles. The van der Waals surface area contributed by atoms with E-state index in [-0.39, 0.29) is 40.8 Å². The van der Waals surface area contributed by atoms with Gasteiger partial charge in [-0.05, 0) is 31.0 Å². The van der Waals surface area contributed by atoms with Crippen LogP contribution in [0.5, 0.6) is 0 Å². The van der Waals surface area contributed by atoms with Crippen LogP contribution in [0.15, 0.2) is 54.6 Å². The largest absolute Gasteiger partial charge is 0.331 e. The van der Waals surface area contributed by atoms with Crippen LogP contribution in [0.3, 0.4) is 0 Å². The summed E-state index contributed by atoms with van der Waals surface area (Å²) in [6.45, 7) is 4.00. The fourth-order valence-corrected chi connectivity index (χ4v) is 5.06. The molecule has 3 N–H and O–H groups in total. The Kier molecular flexibility index (Phi) is 7.24. The molecule has 0 aromatic heterocycles.